The van der Waals surface area contributed by atoms with Crippen LogP contribution in [0.4, 0.5) is 0 Å². The lowest BCUT2D eigenvalue weighted by molar-refractivity contribution is 0.193. The first-order valence-electron chi connectivity index (χ1n) is 5.61. The fourth-order valence-corrected chi connectivity index (χ4v) is 3.09. The van der Waals surface area contributed by atoms with Gasteiger partial charge in [-0.2, -0.15) is 11.8 Å². The molecule has 2 nitrogen and oxygen atoms in total. The third-order valence-corrected chi connectivity index (χ3v) is 4.37. The molecule has 1 fully saturated rings. The van der Waals surface area contributed by atoms with Crippen LogP contribution in [0.1, 0.15) is 40.0 Å². The van der Waals surface area contributed by atoms with Crippen molar-refractivity contribution in [1.82, 2.24) is 0 Å². The van der Waals surface area contributed by atoms with Crippen LogP contribution in [0, 0.1) is 11.3 Å². The zero-order valence-corrected chi connectivity index (χ0v) is 11.4. The van der Waals surface area contributed by atoms with Crippen molar-refractivity contribution in [1.29, 1.82) is 0 Å². The topological polar surface area (TPSA) is 21.6 Å². The number of rotatable bonds is 2. The van der Waals surface area contributed by atoms with Gasteiger partial charge in [0, 0.05) is 5.25 Å². The van der Waals surface area contributed by atoms with Crippen LogP contribution in [0.2, 0.25) is 0 Å². The molecule has 0 saturated heterocycles. The molecule has 1 aliphatic carbocycles. The van der Waals surface area contributed by atoms with Gasteiger partial charge < -0.3 is 4.84 Å². The molecule has 0 aliphatic heterocycles. The average Bonchev–Trinajstić information content (AvgIpc) is 2.17. The van der Waals surface area contributed by atoms with Crippen LogP contribution in [-0.2, 0) is 4.84 Å². The summed E-state index contributed by atoms with van der Waals surface area (Å²) in [7, 11) is 1.64. The SMILES string of the molecule is CO/N=C1\CC[C@H](C(C)(C)C)C[C@H]1SC. The molecule has 1 rings (SSSR count). The van der Waals surface area contributed by atoms with Gasteiger partial charge in [-0.25, -0.2) is 0 Å². The third-order valence-electron chi connectivity index (χ3n) is 3.34. The van der Waals surface area contributed by atoms with Gasteiger partial charge in [0.05, 0.1) is 5.71 Å². The molecule has 0 aromatic carbocycles. The predicted octanol–water partition coefficient (Wildman–Crippen LogP) is 3.57. The van der Waals surface area contributed by atoms with E-state index in [0.29, 0.717) is 10.7 Å². The van der Waals surface area contributed by atoms with Gasteiger partial charge in [0.2, 0.25) is 0 Å². The number of nitrogens with zero attached hydrogens (tertiary/aromatic N) is 1. The number of thioether (sulfide) groups is 1. The van der Waals surface area contributed by atoms with Gasteiger partial charge in [0.15, 0.2) is 0 Å². The average molecular weight is 229 g/mol. The molecule has 0 amide bonds. The zero-order valence-electron chi connectivity index (χ0n) is 10.5. The summed E-state index contributed by atoms with van der Waals surface area (Å²) in [6, 6.07) is 0. The van der Waals surface area contributed by atoms with Crippen molar-refractivity contribution in [2.24, 2.45) is 16.5 Å². The highest BCUT2D eigenvalue weighted by atomic mass is 32.2. The van der Waals surface area contributed by atoms with Crippen molar-refractivity contribution >= 4 is 17.5 Å². The summed E-state index contributed by atoms with van der Waals surface area (Å²) in [5.74, 6) is 0.811. The minimum atomic E-state index is 0.423. The van der Waals surface area contributed by atoms with Crippen molar-refractivity contribution in [2.75, 3.05) is 13.4 Å². The highest BCUT2D eigenvalue weighted by Gasteiger charge is 2.33. The van der Waals surface area contributed by atoms with Gasteiger partial charge in [-0.1, -0.05) is 25.9 Å². The molecule has 0 unspecified atom stereocenters. The quantitative estimate of drug-likeness (QED) is 0.675. The Morgan fingerprint density at radius 3 is 2.53 bits per heavy atom. The van der Waals surface area contributed by atoms with Gasteiger partial charge in [-0.05, 0) is 36.9 Å². The molecule has 1 saturated carbocycles. The lowest BCUT2D eigenvalue weighted by atomic mass is 9.72. The second-order valence-corrected chi connectivity index (χ2v) is 6.37. The largest absolute Gasteiger partial charge is 0.399 e. The Kier molecular flexibility index (Phi) is 4.50. The predicted molar refractivity (Wildman–Crippen MR) is 68.5 cm³/mol. The number of hydrogen-bond donors (Lipinski definition) is 0. The second kappa shape index (κ2) is 5.24. The summed E-state index contributed by atoms with van der Waals surface area (Å²) in [5, 5.41) is 4.71. The van der Waals surface area contributed by atoms with Crippen molar-refractivity contribution in [3.63, 3.8) is 0 Å². The fraction of sp³-hybridized carbons (Fsp3) is 0.917. The van der Waals surface area contributed by atoms with Crippen LogP contribution >= 0.6 is 11.8 Å². The van der Waals surface area contributed by atoms with Gasteiger partial charge in [-0.15, -0.1) is 0 Å². The molecule has 3 heteroatoms. The molecule has 15 heavy (non-hydrogen) atoms. The number of oxime groups is 1. The van der Waals surface area contributed by atoms with Crippen LogP contribution in [0.25, 0.3) is 0 Å². The first-order valence-corrected chi connectivity index (χ1v) is 6.90. The molecule has 0 heterocycles. The molecule has 2 atom stereocenters. The lowest BCUT2D eigenvalue weighted by Gasteiger charge is -2.37. The molecule has 0 radical (unpaired) electrons. The van der Waals surface area contributed by atoms with Crippen LogP contribution < -0.4 is 0 Å². The summed E-state index contributed by atoms with van der Waals surface area (Å²) in [5.41, 5.74) is 1.66. The highest BCUT2D eigenvalue weighted by molar-refractivity contribution is 7.99. The van der Waals surface area contributed by atoms with Crippen LogP contribution in [-0.4, -0.2) is 24.3 Å². The monoisotopic (exact) mass is 229 g/mol. The van der Waals surface area contributed by atoms with E-state index < -0.39 is 0 Å². The summed E-state index contributed by atoms with van der Waals surface area (Å²) < 4.78 is 0. The van der Waals surface area contributed by atoms with Crippen molar-refractivity contribution in [2.45, 2.75) is 45.3 Å². The maximum Gasteiger partial charge on any atom is 0.106 e. The lowest BCUT2D eigenvalue weighted by Crippen LogP contribution is -2.33. The maximum atomic E-state index is 4.91. The summed E-state index contributed by atoms with van der Waals surface area (Å²) >= 11 is 1.90. The second-order valence-electron chi connectivity index (χ2n) is 5.33. The zero-order chi connectivity index (χ0) is 11.5. The Balaban J connectivity index is 2.67. The number of hydrogen-bond acceptors (Lipinski definition) is 3. The Morgan fingerprint density at radius 2 is 2.07 bits per heavy atom. The van der Waals surface area contributed by atoms with Crippen molar-refractivity contribution < 1.29 is 4.84 Å². The van der Waals surface area contributed by atoms with Gasteiger partial charge in [-0.3, -0.25) is 0 Å². The van der Waals surface area contributed by atoms with E-state index in [2.05, 4.69) is 32.2 Å². The van der Waals surface area contributed by atoms with E-state index in [1.807, 2.05) is 11.8 Å². The van der Waals surface area contributed by atoms with E-state index >= 15 is 0 Å². The van der Waals surface area contributed by atoms with Crippen LogP contribution in [0.3, 0.4) is 0 Å². The molecular weight excluding hydrogens is 206 g/mol. The molecule has 0 spiro atoms. The molecule has 0 aromatic rings. The first kappa shape index (κ1) is 12.9. The van der Waals surface area contributed by atoms with Gasteiger partial charge in [0.25, 0.3) is 0 Å². The van der Waals surface area contributed by atoms with Crippen molar-refractivity contribution in [3.05, 3.63) is 0 Å². The Bertz CT molecular complexity index is 232. The Labute approximate surface area is 97.8 Å². The highest BCUT2D eigenvalue weighted by Crippen LogP contribution is 2.39. The molecule has 0 N–H and O–H groups in total. The molecule has 1 aliphatic rings. The maximum absolute atomic E-state index is 4.91. The third kappa shape index (κ3) is 3.40. The first-order chi connectivity index (χ1) is 6.99. The standard InChI is InChI=1S/C12H23NOS/c1-12(2,3)9-6-7-10(13-14-4)11(8-9)15-5/h9,11H,6-8H2,1-5H3/b13-10+/t9-,11+/m0/s1. The fourth-order valence-electron chi connectivity index (χ4n) is 2.24. The Morgan fingerprint density at radius 1 is 1.40 bits per heavy atom. The van der Waals surface area contributed by atoms with E-state index in [1.54, 1.807) is 7.11 Å². The van der Waals surface area contributed by atoms with E-state index in [-0.39, 0.29) is 0 Å². The van der Waals surface area contributed by atoms with E-state index in [9.17, 15) is 0 Å². The summed E-state index contributed by atoms with van der Waals surface area (Å²) in [6.45, 7) is 7.02. The van der Waals surface area contributed by atoms with Crippen LogP contribution in [0.15, 0.2) is 5.16 Å². The summed E-state index contributed by atoms with van der Waals surface area (Å²) in [6.07, 6.45) is 5.76. The molecule has 0 aromatic heterocycles. The normalized spacial score (nSPS) is 30.6. The molecule has 0 bridgehead atoms. The van der Waals surface area contributed by atoms with E-state index in [4.69, 9.17) is 4.84 Å². The van der Waals surface area contributed by atoms with Crippen LogP contribution in [0.5, 0.6) is 0 Å². The minimum absolute atomic E-state index is 0.423. The van der Waals surface area contributed by atoms with E-state index in [0.717, 1.165) is 12.3 Å². The molecule has 88 valence electrons. The smallest absolute Gasteiger partial charge is 0.106 e. The summed E-state index contributed by atoms with van der Waals surface area (Å²) in [4.78, 5) is 4.91. The van der Waals surface area contributed by atoms with E-state index in [1.165, 1.54) is 18.6 Å². The molecular formula is C12H23NOS. The van der Waals surface area contributed by atoms with Gasteiger partial charge in [0.1, 0.15) is 7.11 Å². The van der Waals surface area contributed by atoms with Crippen molar-refractivity contribution in [3.8, 4) is 0 Å². The Hall–Kier alpha value is -0.180. The van der Waals surface area contributed by atoms with Gasteiger partial charge >= 0.3 is 0 Å². The minimum Gasteiger partial charge on any atom is -0.399 e.